The highest BCUT2D eigenvalue weighted by Crippen LogP contribution is 2.25. The highest BCUT2D eigenvalue weighted by molar-refractivity contribution is 5.61. The third-order valence-corrected chi connectivity index (χ3v) is 2.54. The Kier molecular flexibility index (Phi) is 3.22. The molecule has 6 nitrogen and oxygen atoms in total. The number of anilines is 1. The van der Waals surface area contributed by atoms with Crippen LogP contribution in [0.2, 0.25) is 0 Å². The van der Waals surface area contributed by atoms with Crippen LogP contribution in [0.25, 0.3) is 0 Å². The number of aromatic nitrogens is 2. The number of nitrogens with zero attached hydrogens (tertiary/aromatic N) is 2. The summed E-state index contributed by atoms with van der Waals surface area (Å²) in [5.41, 5.74) is 1.62. The first-order valence-corrected chi connectivity index (χ1v) is 5.24. The van der Waals surface area contributed by atoms with E-state index in [1.54, 1.807) is 6.33 Å². The van der Waals surface area contributed by atoms with Gasteiger partial charge >= 0.3 is 0 Å². The number of aryl methyl sites for hydroxylation is 1. The smallest absolute Gasteiger partial charge is 0.295 e. The van der Waals surface area contributed by atoms with E-state index in [0.717, 1.165) is 17.5 Å². The van der Waals surface area contributed by atoms with Crippen molar-refractivity contribution in [3.8, 4) is 0 Å². The van der Waals surface area contributed by atoms with Crippen molar-refractivity contribution in [2.75, 3.05) is 5.32 Å². The van der Waals surface area contributed by atoms with E-state index >= 15 is 0 Å². The quantitative estimate of drug-likeness (QED) is 0.644. The number of aromatic amines is 1. The van der Waals surface area contributed by atoms with Crippen LogP contribution >= 0.6 is 0 Å². The summed E-state index contributed by atoms with van der Waals surface area (Å²) in [6, 6.07) is 3.40. The molecule has 0 aliphatic carbocycles. The van der Waals surface area contributed by atoms with E-state index in [2.05, 4.69) is 15.3 Å². The van der Waals surface area contributed by atoms with Crippen LogP contribution in [0.4, 0.5) is 15.8 Å². The van der Waals surface area contributed by atoms with Gasteiger partial charge in [0.15, 0.2) is 0 Å². The summed E-state index contributed by atoms with van der Waals surface area (Å²) < 4.78 is 12.9. The van der Waals surface area contributed by atoms with Crippen molar-refractivity contribution >= 4 is 11.4 Å². The lowest BCUT2D eigenvalue weighted by Crippen LogP contribution is -2.04. The third kappa shape index (κ3) is 2.45. The maximum Gasteiger partial charge on any atom is 0.295 e. The largest absolute Gasteiger partial charge is 0.374 e. The number of hydrogen-bond donors (Lipinski definition) is 2. The highest BCUT2D eigenvalue weighted by Gasteiger charge is 2.15. The first-order chi connectivity index (χ1) is 8.58. The summed E-state index contributed by atoms with van der Waals surface area (Å²) >= 11 is 0. The van der Waals surface area contributed by atoms with E-state index < -0.39 is 10.7 Å². The van der Waals surface area contributed by atoms with E-state index in [-0.39, 0.29) is 11.4 Å². The molecule has 0 amide bonds. The number of rotatable bonds is 4. The van der Waals surface area contributed by atoms with Crippen LogP contribution in [-0.2, 0) is 6.54 Å². The highest BCUT2D eigenvalue weighted by atomic mass is 19.1. The average molecular weight is 250 g/mol. The van der Waals surface area contributed by atoms with Crippen molar-refractivity contribution in [3.63, 3.8) is 0 Å². The second-order valence-electron chi connectivity index (χ2n) is 3.75. The minimum atomic E-state index is -0.636. The van der Waals surface area contributed by atoms with Crippen molar-refractivity contribution in [1.82, 2.24) is 9.97 Å². The molecule has 0 spiro atoms. The summed E-state index contributed by atoms with van der Waals surface area (Å²) in [6.45, 7) is 2.19. The van der Waals surface area contributed by atoms with E-state index in [4.69, 9.17) is 0 Å². The maximum absolute atomic E-state index is 12.9. The molecule has 7 heteroatoms. The van der Waals surface area contributed by atoms with Crippen LogP contribution in [0.15, 0.2) is 24.5 Å². The lowest BCUT2D eigenvalue weighted by atomic mass is 10.2. The van der Waals surface area contributed by atoms with E-state index in [1.165, 1.54) is 12.1 Å². The van der Waals surface area contributed by atoms with Crippen LogP contribution < -0.4 is 5.32 Å². The monoisotopic (exact) mass is 250 g/mol. The Hall–Kier alpha value is -2.44. The molecule has 0 bridgehead atoms. The summed E-state index contributed by atoms with van der Waals surface area (Å²) in [5.74, 6) is -0.636. The molecule has 0 aliphatic heterocycles. The fraction of sp³-hybridized carbons (Fsp3) is 0.182. The van der Waals surface area contributed by atoms with E-state index in [9.17, 15) is 14.5 Å². The lowest BCUT2D eigenvalue weighted by molar-refractivity contribution is -0.384. The van der Waals surface area contributed by atoms with Gasteiger partial charge < -0.3 is 10.3 Å². The molecule has 0 saturated carbocycles. The Morgan fingerprint density at radius 2 is 2.33 bits per heavy atom. The number of nitrogens with one attached hydrogen (secondary N) is 2. The Labute approximate surface area is 102 Å². The summed E-state index contributed by atoms with van der Waals surface area (Å²) in [4.78, 5) is 17.1. The first-order valence-electron chi connectivity index (χ1n) is 5.24. The van der Waals surface area contributed by atoms with Crippen LogP contribution in [-0.4, -0.2) is 14.9 Å². The molecule has 0 atom stereocenters. The van der Waals surface area contributed by atoms with Crippen LogP contribution in [0, 0.1) is 22.9 Å². The molecule has 0 radical (unpaired) electrons. The molecule has 0 aliphatic rings. The Balaban J connectivity index is 2.19. The molecule has 1 heterocycles. The zero-order valence-electron chi connectivity index (χ0n) is 9.61. The Morgan fingerprint density at radius 1 is 1.56 bits per heavy atom. The van der Waals surface area contributed by atoms with Gasteiger partial charge in [0.2, 0.25) is 0 Å². The van der Waals surface area contributed by atoms with Gasteiger partial charge in [0.25, 0.3) is 5.69 Å². The fourth-order valence-electron chi connectivity index (χ4n) is 1.55. The van der Waals surface area contributed by atoms with Gasteiger partial charge in [-0.3, -0.25) is 10.1 Å². The summed E-state index contributed by atoms with van der Waals surface area (Å²) in [7, 11) is 0. The minimum Gasteiger partial charge on any atom is -0.374 e. The molecular formula is C11H11FN4O2. The zero-order valence-corrected chi connectivity index (χ0v) is 9.61. The van der Waals surface area contributed by atoms with Gasteiger partial charge in [-0.15, -0.1) is 0 Å². The van der Waals surface area contributed by atoms with Crippen molar-refractivity contribution in [2.45, 2.75) is 13.5 Å². The number of nitro benzene ring substituents is 1. The number of benzene rings is 1. The van der Waals surface area contributed by atoms with Crippen LogP contribution in [0.5, 0.6) is 0 Å². The van der Waals surface area contributed by atoms with Crippen molar-refractivity contribution < 1.29 is 9.31 Å². The third-order valence-electron chi connectivity index (χ3n) is 2.54. The van der Waals surface area contributed by atoms with Gasteiger partial charge in [-0.2, -0.15) is 0 Å². The SMILES string of the molecule is Cc1[nH]cnc1CNc1ccc(F)cc1[N+](=O)[O-]. The second-order valence-corrected chi connectivity index (χ2v) is 3.75. The number of imidazole rings is 1. The number of hydrogen-bond acceptors (Lipinski definition) is 4. The first kappa shape index (κ1) is 12.0. The lowest BCUT2D eigenvalue weighted by Gasteiger charge is -2.06. The standard InChI is InChI=1S/C11H11FN4O2/c1-7-10(15-6-14-7)5-13-9-3-2-8(12)4-11(9)16(17)18/h2-4,6,13H,5H2,1H3,(H,14,15). The normalized spacial score (nSPS) is 10.3. The van der Waals surface area contributed by atoms with Gasteiger partial charge in [0, 0.05) is 5.69 Å². The predicted octanol–water partition coefficient (Wildman–Crippen LogP) is 2.38. The molecule has 1 aromatic heterocycles. The number of nitro groups is 1. The van der Waals surface area contributed by atoms with Gasteiger partial charge in [0.05, 0.1) is 29.6 Å². The molecular weight excluding hydrogens is 239 g/mol. The van der Waals surface area contributed by atoms with Gasteiger partial charge in [-0.25, -0.2) is 9.37 Å². The maximum atomic E-state index is 12.9. The Morgan fingerprint density at radius 3 is 2.94 bits per heavy atom. The number of H-pyrrole nitrogens is 1. The van der Waals surface area contributed by atoms with Gasteiger partial charge in [-0.1, -0.05) is 0 Å². The van der Waals surface area contributed by atoms with Gasteiger partial charge in [-0.05, 0) is 19.1 Å². The summed E-state index contributed by atoms with van der Waals surface area (Å²) in [6.07, 6.45) is 1.55. The van der Waals surface area contributed by atoms with E-state index in [1.807, 2.05) is 6.92 Å². The molecule has 2 rings (SSSR count). The average Bonchev–Trinajstić information content (AvgIpc) is 2.73. The van der Waals surface area contributed by atoms with Crippen molar-refractivity contribution in [3.05, 3.63) is 51.8 Å². The molecule has 0 saturated heterocycles. The second kappa shape index (κ2) is 4.82. The van der Waals surface area contributed by atoms with Crippen LogP contribution in [0.1, 0.15) is 11.4 Å². The molecule has 1 aromatic carbocycles. The molecule has 0 unspecified atom stereocenters. The topological polar surface area (TPSA) is 83.8 Å². The molecule has 2 N–H and O–H groups in total. The van der Waals surface area contributed by atoms with Gasteiger partial charge in [0.1, 0.15) is 11.5 Å². The van der Waals surface area contributed by atoms with Crippen molar-refractivity contribution in [1.29, 1.82) is 0 Å². The molecule has 2 aromatic rings. The Bertz CT molecular complexity index is 582. The van der Waals surface area contributed by atoms with Crippen molar-refractivity contribution in [2.24, 2.45) is 0 Å². The molecule has 0 fully saturated rings. The number of halogens is 1. The van der Waals surface area contributed by atoms with E-state index in [0.29, 0.717) is 6.54 Å². The molecule has 94 valence electrons. The predicted molar refractivity (Wildman–Crippen MR) is 63.7 cm³/mol. The minimum absolute atomic E-state index is 0.267. The zero-order chi connectivity index (χ0) is 13.1. The molecule has 18 heavy (non-hydrogen) atoms. The fourth-order valence-corrected chi connectivity index (χ4v) is 1.55. The van der Waals surface area contributed by atoms with Crippen LogP contribution in [0.3, 0.4) is 0 Å². The summed E-state index contributed by atoms with van der Waals surface area (Å²) in [5, 5.41) is 13.7.